The van der Waals surface area contributed by atoms with Crippen molar-refractivity contribution in [2.45, 2.75) is 121 Å². The Labute approximate surface area is 313 Å². The number of hydrogen-bond acceptors (Lipinski definition) is 4. The highest BCUT2D eigenvalue weighted by atomic mass is 16.6. The summed E-state index contributed by atoms with van der Waals surface area (Å²) in [6.07, 6.45) is 19.6. The van der Waals surface area contributed by atoms with Crippen molar-refractivity contribution in [3.05, 3.63) is 121 Å². The molecule has 2 bridgehead atoms. The van der Waals surface area contributed by atoms with Crippen LogP contribution in [0.2, 0.25) is 0 Å². The Morgan fingerprint density at radius 1 is 0.692 bits per heavy atom. The van der Waals surface area contributed by atoms with E-state index in [0.29, 0.717) is 11.8 Å². The third-order valence-corrected chi connectivity index (χ3v) is 12.4. The van der Waals surface area contributed by atoms with Crippen molar-refractivity contribution in [1.82, 2.24) is 0 Å². The Hall–Kier alpha value is -4.02. The molecule has 3 aromatic rings. The average molecular weight is 701 g/mol. The Kier molecular flexibility index (Phi) is 11.3. The molecule has 2 saturated carbocycles. The van der Waals surface area contributed by atoms with Crippen molar-refractivity contribution in [3.63, 3.8) is 0 Å². The number of benzene rings is 3. The van der Waals surface area contributed by atoms with E-state index < -0.39 is 11.2 Å². The molecule has 0 aromatic heterocycles. The number of allylic oxidation sites excluding steroid dienone is 1. The van der Waals surface area contributed by atoms with Crippen LogP contribution in [0.15, 0.2) is 105 Å². The standard InChI is InChI=1S/C48H60O4/c1-9-36-15-22-41(23-16-36)49-46(7,31-30-45(5,6)52-44-33-39-14-21-40(44)32-39)47(8,50-42-24-17-37(10-2)18-25-42)35(4)34-48(28-12-13-29-48)51-43-26-19-38(11-3)20-27-43/h9-11,14-27,35,39-40,44H,1-3,12-13,28-34H2,4-8H3. The van der Waals surface area contributed by atoms with E-state index in [1.807, 2.05) is 18.2 Å². The monoisotopic (exact) mass is 700 g/mol. The molecule has 0 saturated heterocycles. The van der Waals surface area contributed by atoms with Crippen molar-refractivity contribution in [2.24, 2.45) is 17.8 Å². The van der Waals surface area contributed by atoms with Crippen LogP contribution < -0.4 is 14.2 Å². The highest BCUT2D eigenvalue weighted by molar-refractivity contribution is 5.50. The van der Waals surface area contributed by atoms with Gasteiger partial charge in [-0.1, -0.05) is 93.4 Å². The van der Waals surface area contributed by atoms with Gasteiger partial charge in [0.1, 0.15) is 34.1 Å². The van der Waals surface area contributed by atoms with E-state index in [0.717, 1.165) is 85.3 Å². The fourth-order valence-electron chi connectivity index (χ4n) is 8.90. The van der Waals surface area contributed by atoms with Gasteiger partial charge in [0.2, 0.25) is 0 Å². The topological polar surface area (TPSA) is 36.9 Å². The van der Waals surface area contributed by atoms with Gasteiger partial charge in [0.25, 0.3) is 0 Å². The maximum absolute atomic E-state index is 7.33. The van der Waals surface area contributed by atoms with Crippen molar-refractivity contribution in [1.29, 1.82) is 0 Å². The second-order valence-electron chi connectivity index (χ2n) is 16.7. The summed E-state index contributed by atoms with van der Waals surface area (Å²) in [6, 6.07) is 24.8. The Morgan fingerprint density at radius 3 is 1.69 bits per heavy atom. The predicted octanol–water partition coefficient (Wildman–Crippen LogP) is 12.5. The smallest absolute Gasteiger partial charge is 0.148 e. The summed E-state index contributed by atoms with van der Waals surface area (Å²) in [5.74, 6) is 3.74. The normalized spacial score (nSPS) is 23.3. The molecule has 6 rings (SSSR count). The molecular weight excluding hydrogens is 641 g/mol. The van der Waals surface area contributed by atoms with Gasteiger partial charge >= 0.3 is 0 Å². The molecule has 276 valence electrons. The number of hydrogen-bond donors (Lipinski definition) is 0. The van der Waals surface area contributed by atoms with Crippen LogP contribution >= 0.6 is 0 Å². The lowest BCUT2D eigenvalue weighted by Gasteiger charge is -2.51. The number of rotatable bonds is 18. The van der Waals surface area contributed by atoms with E-state index in [-0.39, 0.29) is 23.2 Å². The van der Waals surface area contributed by atoms with Crippen LogP contribution in [0.4, 0.5) is 0 Å². The van der Waals surface area contributed by atoms with Gasteiger partial charge in [-0.15, -0.1) is 0 Å². The molecule has 4 heteroatoms. The Morgan fingerprint density at radius 2 is 1.21 bits per heavy atom. The summed E-state index contributed by atoms with van der Waals surface area (Å²) in [4.78, 5) is 0. The molecule has 52 heavy (non-hydrogen) atoms. The number of ether oxygens (including phenoxy) is 4. The first-order valence-electron chi connectivity index (χ1n) is 19.5. The second kappa shape index (κ2) is 15.5. The molecule has 0 spiro atoms. The highest BCUT2D eigenvalue weighted by Crippen LogP contribution is 2.49. The fraction of sp³-hybridized carbons (Fsp3) is 0.458. The van der Waals surface area contributed by atoms with Gasteiger partial charge in [0, 0.05) is 11.8 Å². The molecule has 0 radical (unpaired) electrons. The first-order chi connectivity index (χ1) is 24.9. The van der Waals surface area contributed by atoms with Crippen LogP contribution in [0.5, 0.6) is 17.2 Å². The van der Waals surface area contributed by atoms with Gasteiger partial charge in [-0.3, -0.25) is 0 Å². The van der Waals surface area contributed by atoms with E-state index in [1.165, 1.54) is 6.42 Å². The second-order valence-corrected chi connectivity index (χ2v) is 16.7. The van der Waals surface area contributed by atoms with Crippen LogP contribution in [0, 0.1) is 17.8 Å². The molecule has 3 aliphatic rings. The maximum Gasteiger partial charge on any atom is 0.148 e. The first kappa shape index (κ1) is 37.7. The van der Waals surface area contributed by atoms with Gasteiger partial charge < -0.3 is 18.9 Å². The van der Waals surface area contributed by atoms with Gasteiger partial charge in [-0.25, -0.2) is 0 Å². The zero-order valence-corrected chi connectivity index (χ0v) is 32.2. The molecule has 0 heterocycles. The first-order valence-corrected chi connectivity index (χ1v) is 19.5. The Bertz CT molecular complexity index is 1690. The largest absolute Gasteiger partial charge is 0.487 e. The highest BCUT2D eigenvalue weighted by Gasteiger charge is 2.55. The summed E-state index contributed by atoms with van der Waals surface area (Å²) in [6.45, 7) is 23.2. The maximum atomic E-state index is 7.33. The molecule has 0 N–H and O–H groups in total. The molecule has 6 unspecified atom stereocenters. The molecule has 4 nitrogen and oxygen atoms in total. The van der Waals surface area contributed by atoms with Gasteiger partial charge in [0.15, 0.2) is 0 Å². The zero-order chi connectivity index (χ0) is 37.0. The lowest BCUT2D eigenvalue weighted by molar-refractivity contribution is -0.154. The van der Waals surface area contributed by atoms with Crippen molar-refractivity contribution in [3.8, 4) is 17.2 Å². The summed E-state index contributed by atoms with van der Waals surface area (Å²) in [5, 5.41) is 0. The van der Waals surface area contributed by atoms with E-state index in [4.69, 9.17) is 18.9 Å². The van der Waals surface area contributed by atoms with Crippen LogP contribution in [-0.4, -0.2) is 28.5 Å². The SMILES string of the molecule is C=Cc1ccc(OC2(CC(C)C(C)(Oc3ccc(C=C)cc3)C(C)(CCC(C)(C)OC3CC4C=CC3C4)Oc3ccc(C=C)cc3)CCCC2)cc1. The minimum absolute atomic E-state index is 0.0364. The van der Waals surface area contributed by atoms with E-state index >= 15 is 0 Å². The van der Waals surface area contributed by atoms with Crippen molar-refractivity contribution >= 4 is 18.2 Å². The van der Waals surface area contributed by atoms with E-state index in [1.54, 1.807) is 0 Å². The predicted molar refractivity (Wildman–Crippen MR) is 217 cm³/mol. The molecule has 0 aliphatic heterocycles. The molecule has 3 aliphatic carbocycles. The third kappa shape index (κ3) is 8.44. The van der Waals surface area contributed by atoms with Crippen LogP contribution in [0.3, 0.4) is 0 Å². The molecule has 0 amide bonds. The average Bonchev–Trinajstić information content (AvgIpc) is 3.90. The van der Waals surface area contributed by atoms with Gasteiger partial charge in [-0.2, -0.15) is 0 Å². The van der Waals surface area contributed by atoms with Crippen molar-refractivity contribution < 1.29 is 18.9 Å². The molecular formula is C48H60O4. The molecule has 2 fully saturated rings. The summed E-state index contributed by atoms with van der Waals surface area (Å²) in [7, 11) is 0. The zero-order valence-electron chi connectivity index (χ0n) is 32.2. The van der Waals surface area contributed by atoms with Crippen LogP contribution in [0.25, 0.3) is 18.2 Å². The summed E-state index contributed by atoms with van der Waals surface area (Å²) < 4.78 is 28.5. The third-order valence-electron chi connectivity index (χ3n) is 12.4. The summed E-state index contributed by atoms with van der Waals surface area (Å²) >= 11 is 0. The Balaban J connectivity index is 1.35. The van der Waals surface area contributed by atoms with Crippen LogP contribution in [0.1, 0.15) is 109 Å². The van der Waals surface area contributed by atoms with Gasteiger partial charge in [0.05, 0.1) is 11.7 Å². The minimum atomic E-state index is -0.781. The number of fused-ring (bicyclic) bond motifs is 2. The lowest BCUT2D eigenvalue weighted by Crippen LogP contribution is -2.63. The molecule has 3 aromatic carbocycles. The van der Waals surface area contributed by atoms with E-state index in [2.05, 4.69) is 139 Å². The summed E-state index contributed by atoms with van der Waals surface area (Å²) in [5.41, 5.74) is 0.997. The quantitative estimate of drug-likeness (QED) is 0.124. The van der Waals surface area contributed by atoms with Crippen molar-refractivity contribution in [2.75, 3.05) is 0 Å². The minimum Gasteiger partial charge on any atom is -0.487 e. The van der Waals surface area contributed by atoms with Crippen LogP contribution in [-0.2, 0) is 4.74 Å². The fourth-order valence-corrected chi connectivity index (χ4v) is 8.90. The van der Waals surface area contributed by atoms with Gasteiger partial charge in [-0.05, 0) is 144 Å². The van der Waals surface area contributed by atoms with E-state index in [9.17, 15) is 0 Å². The molecule has 6 atom stereocenters. The lowest BCUT2D eigenvalue weighted by atomic mass is 9.69.